The summed E-state index contributed by atoms with van der Waals surface area (Å²) in [7, 11) is 1.79. The standard InChI is InChI=1S/C11H14BrNOS/c1-8(15)11(14)13(2)7-9-4-3-5-10(12)6-9/h3-6,8,15H,7H2,1-2H3. The van der Waals surface area contributed by atoms with Crippen molar-refractivity contribution in [1.29, 1.82) is 0 Å². The topological polar surface area (TPSA) is 20.3 Å². The van der Waals surface area contributed by atoms with Gasteiger partial charge in [0, 0.05) is 18.1 Å². The molecule has 0 aliphatic carbocycles. The van der Waals surface area contributed by atoms with Crippen LogP contribution in [0.3, 0.4) is 0 Å². The number of nitrogens with zero attached hydrogens (tertiary/aromatic N) is 1. The van der Waals surface area contributed by atoms with Gasteiger partial charge in [0.25, 0.3) is 0 Å². The third-order valence-corrected chi connectivity index (χ3v) is 2.76. The van der Waals surface area contributed by atoms with Gasteiger partial charge < -0.3 is 4.90 Å². The molecule has 1 aromatic carbocycles. The molecule has 0 radical (unpaired) electrons. The predicted molar refractivity (Wildman–Crippen MR) is 69.1 cm³/mol. The van der Waals surface area contributed by atoms with Crippen LogP contribution in [0.25, 0.3) is 0 Å². The van der Waals surface area contributed by atoms with E-state index in [9.17, 15) is 4.79 Å². The van der Waals surface area contributed by atoms with Gasteiger partial charge >= 0.3 is 0 Å². The van der Waals surface area contributed by atoms with Gasteiger partial charge in [0.1, 0.15) is 0 Å². The van der Waals surface area contributed by atoms with Gasteiger partial charge in [0.15, 0.2) is 0 Å². The van der Waals surface area contributed by atoms with Crippen molar-refractivity contribution >= 4 is 34.5 Å². The Balaban J connectivity index is 2.66. The minimum absolute atomic E-state index is 0.0401. The van der Waals surface area contributed by atoms with Crippen molar-refractivity contribution in [3.05, 3.63) is 34.3 Å². The molecule has 0 fully saturated rings. The van der Waals surface area contributed by atoms with E-state index in [1.165, 1.54) is 0 Å². The molecule has 0 aromatic heterocycles. The van der Waals surface area contributed by atoms with Crippen LogP contribution in [0.4, 0.5) is 0 Å². The summed E-state index contributed by atoms with van der Waals surface area (Å²) >= 11 is 7.52. The fraction of sp³-hybridized carbons (Fsp3) is 0.364. The molecule has 1 atom stereocenters. The first-order chi connectivity index (χ1) is 7.00. The molecule has 0 N–H and O–H groups in total. The van der Waals surface area contributed by atoms with Gasteiger partial charge in [-0.05, 0) is 24.6 Å². The highest BCUT2D eigenvalue weighted by Gasteiger charge is 2.13. The zero-order chi connectivity index (χ0) is 11.4. The molecule has 4 heteroatoms. The van der Waals surface area contributed by atoms with Gasteiger partial charge in [-0.2, -0.15) is 12.6 Å². The lowest BCUT2D eigenvalue weighted by Gasteiger charge is -2.19. The summed E-state index contributed by atoms with van der Waals surface area (Å²) < 4.78 is 1.03. The molecular weight excluding hydrogens is 274 g/mol. The molecule has 1 unspecified atom stereocenters. The Labute approximate surface area is 104 Å². The van der Waals surface area contributed by atoms with Crippen molar-refractivity contribution < 1.29 is 4.79 Å². The van der Waals surface area contributed by atoms with E-state index in [4.69, 9.17) is 0 Å². The molecule has 2 nitrogen and oxygen atoms in total. The molecular formula is C11H14BrNOS. The van der Waals surface area contributed by atoms with Gasteiger partial charge in [-0.3, -0.25) is 4.79 Å². The van der Waals surface area contributed by atoms with E-state index in [0.29, 0.717) is 6.54 Å². The Morgan fingerprint density at radius 2 is 2.27 bits per heavy atom. The molecule has 1 aromatic rings. The van der Waals surface area contributed by atoms with E-state index >= 15 is 0 Å². The monoisotopic (exact) mass is 287 g/mol. The van der Waals surface area contributed by atoms with Gasteiger partial charge in [-0.1, -0.05) is 28.1 Å². The third-order valence-electron chi connectivity index (χ3n) is 2.04. The van der Waals surface area contributed by atoms with E-state index < -0.39 is 0 Å². The van der Waals surface area contributed by atoms with Crippen LogP contribution in [0.2, 0.25) is 0 Å². The molecule has 0 heterocycles. The fourth-order valence-corrected chi connectivity index (χ4v) is 1.95. The Morgan fingerprint density at radius 3 is 2.80 bits per heavy atom. The maximum absolute atomic E-state index is 11.6. The van der Waals surface area contributed by atoms with Crippen molar-refractivity contribution in [2.75, 3.05) is 7.05 Å². The van der Waals surface area contributed by atoms with Crippen LogP contribution in [-0.4, -0.2) is 23.1 Å². The lowest BCUT2D eigenvalue weighted by Crippen LogP contribution is -2.31. The number of benzene rings is 1. The number of hydrogen-bond acceptors (Lipinski definition) is 2. The molecule has 15 heavy (non-hydrogen) atoms. The Kier molecular flexibility index (Phi) is 4.67. The molecule has 1 amide bonds. The first-order valence-corrected chi connectivity index (χ1v) is 5.99. The van der Waals surface area contributed by atoms with Crippen molar-refractivity contribution in [1.82, 2.24) is 4.90 Å². The molecule has 0 aliphatic rings. The van der Waals surface area contributed by atoms with Crippen molar-refractivity contribution in [2.45, 2.75) is 18.7 Å². The van der Waals surface area contributed by atoms with Gasteiger partial charge in [0.05, 0.1) is 5.25 Å². The van der Waals surface area contributed by atoms with Gasteiger partial charge in [0.2, 0.25) is 5.91 Å². The van der Waals surface area contributed by atoms with Crippen molar-refractivity contribution in [3.8, 4) is 0 Å². The highest BCUT2D eigenvalue weighted by atomic mass is 79.9. The molecule has 1 rings (SSSR count). The minimum Gasteiger partial charge on any atom is -0.340 e. The number of amides is 1. The number of thiol groups is 1. The summed E-state index contributed by atoms with van der Waals surface area (Å²) in [6.45, 7) is 2.39. The van der Waals surface area contributed by atoms with Crippen molar-refractivity contribution in [3.63, 3.8) is 0 Å². The quantitative estimate of drug-likeness (QED) is 0.848. The number of carbonyl (C=O) groups is 1. The molecule has 0 spiro atoms. The van der Waals surface area contributed by atoms with E-state index in [0.717, 1.165) is 10.0 Å². The Morgan fingerprint density at radius 1 is 1.60 bits per heavy atom. The summed E-state index contributed by atoms with van der Waals surface area (Å²) in [4.78, 5) is 13.2. The average molecular weight is 288 g/mol. The molecule has 0 aliphatic heterocycles. The highest BCUT2D eigenvalue weighted by Crippen LogP contribution is 2.13. The van der Waals surface area contributed by atoms with E-state index in [1.807, 2.05) is 24.3 Å². The van der Waals surface area contributed by atoms with Crippen LogP contribution < -0.4 is 0 Å². The van der Waals surface area contributed by atoms with Gasteiger partial charge in [-0.25, -0.2) is 0 Å². The summed E-state index contributed by atoms with van der Waals surface area (Å²) in [5, 5.41) is -0.248. The van der Waals surface area contributed by atoms with Crippen LogP contribution in [0.1, 0.15) is 12.5 Å². The molecule has 0 saturated heterocycles. The van der Waals surface area contributed by atoms with E-state index in [1.54, 1.807) is 18.9 Å². The lowest BCUT2D eigenvalue weighted by atomic mass is 10.2. The second kappa shape index (κ2) is 5.56. The minimum atomic E-state index is -0.248. The summed E-state index contributed by atoms with van der Waals surface area (Å²) in [5.74, 6) is 0.0401. The smallest absolute Gasteiger partial charge is 0.235 e. The normalized spacial score (nSPS) is 12.3. The zero-order valence-corrected chi connectivity index (χ0v) is 11.3. The molecule has 0 bridgehead atoms. The molecule has 82 valence electrons. The van der Waals surface area contributed by atoms with Crippen LogP contribution in [0, 0.1) is 0 Å². The lowest BCUT2D eigenvalue weighted by molar-refractivity contribution is -0.129. The maximum atomic E-state index is 11.6. The number of rotatable bonds is 3. The molecule has 0 saturated carbocycles. The Bertz CT molecular complexity index is 354. The summed E-state index contributed by atoms with van der Waals surface area (Å²) in [6.07, 6.45) is 0. The summed E-state index contributed by atoms with van der Waals surface area (Å²) in [5.41, 5.74) is 1.11. The largest absolute Gasteiger partial charge is 0.340 e. The highest BCUT2D eigenvalue weighted by molar-refractivity contribution is 9.10. The van der Waals surface area contributed by atoms with Crippen LogP contribution in [0.15, 0.2) is 28.7 Å². The first kappa shape index (κ1) is 12.6. The van der Waals surface area contributed by atoms with Crippen LogP contribution in [0.5, 0.6) is 0 Å². The van der Waals surface area contributed by atoms with Crippen LogP contribution in [-0.2, 0) is 11.3 Å². The SMILES string of the molecule is CC(S)C(=O)N(C)Cc1cccc(Br)c1. The number of halogens is 1. The van der Waals surface area contributed by atoms with E-state index in [-0.39, 0.29) is 11.2 Å². The first-order valence-electron chi connectivity index (χ1n) is 4.68. The second-order valence-electron chi connectivity index (χ2n) is 3.50. The van der Waals surface area contributed by atoms with Gasteiger partial charge in [-0.15, -0.1) is 0 Å². The Hall–Kier alpha value is -0.480. The van der Waals surface area contributed by atoms with Crippen LogP contribution >= 0.6 is 28.6 Å². The maximum Gasteiger partial charge on any atom is 0.235 e. The number of carbonyl (C=O) groups excluding carboxylic acids is 1. The van der Waals surface area contributed by atoms with Crippen molar-refractivity contribution in [2.24, 2.45) is 0 Å². The average Bonchev–Trinajstić information content (AvgIpc) is 2.16. The zero-order valence-electron chi connectivity index (χ0n) is 8.77. The predicted octanol–water partition coefficient (Wildman–Crippen LogP) is 2.73. The van der Waals surface area contributed by atoms with E-state index in [2.05, 4.69) is 28.6 Å². The third kappa shape index (κ3) is 3.87. The fourth-order valence-electron chi connectivity index (χ4n) is 1.31. The second-order valence-corrected chi connectivity index (χ2v) is 5.19. The summed E-state index contributed by atoms with van der Waals surface area (Å²) in [6, 6.07) is 7.93. The number of hydrogen-bond donors (Lipinski definition) is 1.